The number of halogens is 2. The quantitative estimate of drug-likeness (QED) is 0.607. The molecule has 1 aromatic heterocycles. The number of aryl methyl sites for hydroxylation is 2. The molecule has 0 saturated heterocycles. The second-order valence-electron chi connectivity index (χ2n) is 6.18. The van der Waals surface area contributed by atoms with E-state index < -0.39 is 23.1 Å². The second kappa shape index (κ2) is 8.10. The number of hydrogen-bond acceptors (Lipinski definition) is 3. The predicted octanol–water partition coefficient (Wildman–Crippen LogP) is 4.38. The highest BCUT2D eigenvalue weighted by Gasteiger charge is 2.18. The van der Waals surface area contributed by atoms with Crippen molar-refractivity contribution >= 4 is 27.5 Å². The topological polar surface area (TPSA) is 43.6 Å². The molecular formula is C20H20F2N2O2S. The van der Waals surface area contributed by atoms with Crippen molar-refractivity contribution < 1.29 is 18.3 Å². The van der Waals surface area contributed by atoms with Crippen LogP contribution in [0.15, 0.2) is 35.3 Å². The van der Waals surface area contributed by atoms with Crippen LogP contribution < -0.4 is 4.80 Å². The van der Waals surface area contributed by atoms with Gasteiger partial charge < -0.3 is 9.30 Å². The molecule has 0 spiro atoms. The van der Waals surface area contributed by atoms with Gasteiger partial charge >= 0.3 is 0 Å². The first-order valence-electron chi connectivity index (χ1n) is 8.63. The Morgan fingerprint density at radius 1 is 1.22 bits per heavy atom. The smallest absolute Gasteiger partial charge is 0.285 e. The molecule has 0 unspecified atom stereocenters. The number of fused-ring (bicyclic) bond motifs is 1. The Labute approximate surface area is 159 Å². The fourth-order valence-corrected chi connectivity index (χ4v) is 4.26. The lowest BCUT2D eigenvalue weighted by Crippen LogP contribution is -2.20. The number of benzene rings is 2. The van der Waals surface area contributed by atoms with Crippen molar-refractivity contribution in [3.05, 3.63) is 63.5 Å². The summed E-state index contributed by atoms with van der Waals surface area (Å²) in [5.74, 6) is -2.77. The summed E-state index contributed by atoms with van der Waals surface area (Å²) in [5.41, 5.74) is 2.45. The highest BCUT2D eigenvalue weighted by molar-refractivity contribution is 7.16. The van der Waals surface area contributed by atoms with Gasteiger partial charge in [0.2, 0.25) is 0 Å². The first-order valence-corrected chi connectivity index (χ1v) is 9.45. The van der Waals surface area contributed by atoms with Gasteiger partial charge in [-0.15, -0.1) is 0 Å². The maximum Gasteiger partial charge on any atom is 0.285 e. The second-order valence-corrected chi connectivity index (χ2v) is 7.18. The van der Waals surface area contributed by atoms with Crippen molar-refractivity contribution in [2.24, 2.45) is 4.99 Å². The summed E-state index contributed by atoms with van der Waals surface area (Å²) in [6.07, 6.45) is 0. The molecule has 1 heterocycles. The number of ether oxygens (including phenoxy) is 1. The van der Waals surface area contributed by atoms with E-state index in [-0.39, 0.29) is 0 Å². The average molecular weight is 390 g/mol. The average Bonchev–Trinajstić information content (AvgIpc) is 2.92. The molecule has 142 valence electrons. The standard InChI is InChI=1S/C20H20F2N2O2S/c1-4-26-9-8-24-18-13(3)10-12(2)11-16(18)27-20(24)23-19(25)17-14(21)6-5-7-15(17)22/h5-7,10-11H,4,8-9H2,1-3H3. The van der Waals surface area contributed by atoms with Crippen LogP contribution >= 0.6 is 11.3 Å². The molecule has 0 radical (unpaired) electrons. The summed E-state index contributed by atoms with van der Waals surface area (Å²) in [6, 6.07) is 7.38. The number of thiazole rings is 1. The molecule has 0 bridgehead atoms. The highest BCUT2D eigenvalue weighted by atomic mass is 32.1. The van der Waals surface area contributed by atoms with Crippen LogP contribution in [0.4, 0.5) is 8.78 Å². The number of aromatic nitrogens is 1. The minimum atomic E-state index is -0.934. The van der Waals surface area contributed by atoms with Crippen LogP contribution in [0.25, 0.3) is 10.2 Å². The normalized spacial score (nSPS) is 12.1. The Kier molecular flexibility index (Phi) is 5.82. The molecule has 4 nitrogen and oxygen atoms in total. The zero-order chi connectivity index (χ0) is 19.6. The Balaban J connectivity index is 2.17. The maximum atomic E-state index is 13.9. The maximum absolute atomic E-state index is 13.9. The molecule has 0 saturated carbocycles. The van der Waals surface area contributed by atoms with Crippen LogP contribution in [-0.2, 0) is 11.3 Å². The molecule has 1 amide bonds. The molecule has 0 N–H and O–H groups in total. The molecule has 0 fully saturated rings. The third-order valence-corrected chi connectivity index (χ3v) is 5.17. The van der Waals surface area contributed by atoms with E-state index in [1.54, 1.807) is 0 Å². The Morgan fingerprint density at radius 3 is 2.59 bits per heavy atom. The van der Waals surface area contributed by atoms with E-state index in [1.807, 2.05) is 37.5 Å². The summed E-state index contributed by atoms with van der Waals surface area (Å²) in [5, 5.41) is 0. The number of carbonyl (C=O) groups is 1. The van der Waals surface area contributed by atoms with Crippen molar-refractivity contribution in [1.82, 2.24) is 4.57 Å². The third kappa shape index (κ3) is 3.99. The predicted molar refractivity (Wildman–Crippen MR) is 102 cm³/mol. The van der Waals surface area contributed by atoms with E-state index in [0.717, 1.165) is 33.5 Å². The van der Waals surface area contributed by atoms with Gasteiger partial charge in [-0.05, 0) is 50.1 Å². The summed E-state index contributed by atoms with van der Waals surface area (Å²) in [6.45, 7) is 7.40. The molecule has 0 aliphatic carbocycles. The number of carbonyl (C=O) groups excluding carboxylic acids is 1. The van der Waals surface area contributed by atoms with Crippen LogP contribution in [0.3, 0.4) is 0 Å². The summed E-state index contributed by atoms with van der Waals surface area (Å²) in [7, 11) is 0. The molecular weight excluding hydrogens is 370 g/mol. The monoisotopic (exact) mass is 390 g/mol. The Bertz CT molecular complexity index is 1050. The van der Waals surface area contributed by atoms with Crippen molar-refractivity contribution in [2.45, 2.75) is 27.3 Å². The van der Waals surface area contributed by atoms with Crippen molar-refractivity contribution in [3.8, 4) is 0 Å². The third-order valence-electron chi connectivity index (χ3n) is 4.15. The van der Waals surface area contributed by atoms with Gasteiger partial charge in [-0.1, -0.05) is 23.5 Å². The van der Waals surface area contributed by atoms with Gasteiger partial charge in [-0.3, -0.25) is 4.79 Å². The van der Waals surface area contributed by atoms with Gasteiger partial charge in [0, 0.05) is 13.2 Å². The van der Waals surface area contributed by atoms with E-state index in [1.165, 1.54) is 17.4 Å². The van der Waals surface area contributed by atoms with Gasteiger partial charge in [0.15, 0.2) is 4.80 Å². The first-order chi connectivity index (χ1) is 12.9. The van der Waals surface area contributed by atoms with Gasteiger partial charge in [0.1, 0.15) is 17.2 Å². The summed E-state index contributed by atoms with van der Waals surface area (Å²) in [4.78, 5) is 16.9. The van der Waals surface area contributed by atoms with E-state index >= 15 is 0 Å². The molecule has 3 rings (SSSR count). The molecule has 0 atom stereocenters. The number of rotatable bonds is 5. The van der Waals surface area contributed by atoms with Crippen LogP contribution in [0.5, 0.6) is 0 Å². The van der Waals surface area contributed by atoms with Crippen molar-refractivity contribution in [2.75, 3.05) is 13.2 Å². The first kappa shape index (κ1) is 19.4. The Morgan fingerprint density at radius 2 is 1.93 bits per heavy atom. The molecule has 7 heteroatoms. The fraction of sp³-hybridized carbons (Fsp3) is 0.300. The van der Waals surface area contributed by atoms with Crippen LogP contribution in [0.2, 0.25) is 0 Å². The molecule has 0 aliphatic rings. The van der Waals surface area contributed by atoms with Crippen LogP contribution in [-0.4, -0.2) is 23.7 Å². The van der Waals surface area contributed by atoms with Crippen LogP contribution in [0, 0.1) is 25.5 Å². The van der Waals surface area contributed by atoms with Gasteiger partial charge in [0.25, 0.3) is 5.91 Å². The lowest BCUT2D eigenvalue weighted by atomic mass is 10.1. The SMILES string of the molecule is CCOCCn1c(=NC(=O)c2c(F)cccc2F)sc2cc(C)cc(C)c21. The lowest BCUT2D eigenvalue weighted by Gasteiger charge is -2.08. The van der Waals surface area contributed by atoms with Gasteiger partial charge in [-0.2, -0.15) is 4.99 Å². The zero-order valence-corrected chi connectivity index (χ0v) is 16.2. The molecule has 0 aliphatic heterocycles. The molecule has 27 heavy (non-hydrogen) atoms. The van der Waals surface area contributed by atoms with Gasteiger partial charge in [-0.25, -0.2) is 8.78 Å². The van der Waals surface area contributed by atoms with Crippen molar-refractivity contribution in [3.63, 3.8) is 0 Å². The lowest BCUT2D eigenvalue weighted by molar-refractivity contribution is 0.0988. The summed E-state index contributed by atoms with van der Waals surface area (Å²) >= 11 is 1.32. The number of amides is 1. The molecule has 2 aromatic carbocycles. The van der Waals surface area contributed by atoms with E-state index in [4.69, 9.17) is 4.74 Å². The Hall–Kier alpha value is -2.38. The largest absolute Gasteiger partial charge is 0.380 e. The highest BCUT2D eigenvalue weighted by Crippen LogP contribution is 2.23. The number of hydrogen-bond donors (Lipinski definition) is 0. The van der Waals surface area contributed by atoms with E-state index in [9.17, 15) is 13.6 Å². The minimum absolute atomic E-state index is 0.394. The fourth-order valence-electron chi connectivity index (χ4n) is 3.03. The number of nitrogens with zero attached hydrogens (tertiary/aromatic N) is 2. The minimum Gasteiger partial charge on any atom is -0.380 e. The van der Waals surface area contributed by atoms with Crippen LogP contribution in [0.1, 0.15) is 28.4 Å². The van der Waals surface area contributed by atoms with Gasteiger partial charge in [0.05, 0.1) is 16.8 Å². The van der Waals surface area contributed by atoms with E-state index in [2.05, 4.69) is 4.99 Å². The zero-order valence-electron chi connectivity index (χ0n) is 15.4. The van der Waals surface area contributed by atoms with Crippen molar-refractivity contribution in [1.29, 1.82) is 0 Å². The van der Waals surface area contributed by atoms with E-state index in [0.29, 0.717) is 24.6 Å². The summed E-state index contributed by atoms with van der Waals surface area (Å²) < 4.78 is 36.1. The molecule has 3 aromatic rings.